The Bertz CT molecular complexity index is 877. The van der Waals surface area contributed by atoms with Crippen molar-refractivity contribution in [3.05, 3.63) is 53.0 Å². The van der Waals surface area contributed by atoms with Gasteiger partial charge >= 0.3 is 5.97 Å². The van der Waals surface area contributed by atoms with E-state index in [4.69, 9.17) is 4.74 Å². The first kappa shape index (κ1) is 19.0. The first-order valence-electron chi connectivity index (χ1n) is 7.97. The van der Waals surface area contributed by atoms with E-state index in [0.717, 1.165) is 15.6 Å². The van der Waals surface area contributed by atoms with Crippen molar-refractivity contribution in [3.8, 4) is 11.1 Å². The van der Waals surface area contributed by atoms with E-state index >= 15 is 0 Å². The molecular formula is C18H18BrNO5S. The van der Waals surface area contributed by atoms with Gasteiger partial charge in [-0.3, -0.25) is 4.79 Å². The Morgan fingerprint density at radius 3 is 2.23 bits per heavy atom. The molecule has 0 amide bonds. The largest absolute Gasteiger partial charge is 0.468 e. The monoisotopic (exact) mass is 439 g/mol. The number of sulfonamides is 1. The summed E-state index contributed by atoms with van der Waals surface area (Å²) >= 11 is 3.38. The van der Waals surface area contributed by atoms with Crippen molar-refractivity contribution >= 4 is 31.9 Å². The molecule has 1 saturated heterocycles. The van der Waals surface area contributed by atoms with Crippen molar-refractivity contribution in [1.29, 1.82) is 0 Å². The van der Waals surface area contributed by atoms with Crippen LogP contribution in [0.3, 0.4) is 0 Å². The normalized spacial score (nSPS) is 17.5. The van der Waals surface area contributed by atoms with Crippen LogP contribution in [0.5, 0.6) is 0 Å². The molecule has 2 aromatic carbocycles. The lowest BCUT2D eigenvalue weighted by molar-refractivity contribution is -0.142. The number of hydrogen-bond donors (Lipinski definition) is 1. The van der Waals surface area contributed by atoms with Crippen LogP contribution in [0.25, 0.3) is 11.1 Å². The summed E-state index contributed by atoms with van der Waals surface area (Å²) in [5.74, 6) is -0.629. The fourth-order valence-corrected chi connectivity index (χ4v) is 3.99. The zero-order valence-electron chi connectivity index (χ0n) is 14.0. The van der Waals surface area contributed by atoms with Gasteiger partial charge in [-0.15, -0.1) is 0 Å². The van der Waals surface area contributed by atoms with E-state index in [1.54, 1.807) is 12.1 Å². The van der Waals surface area contributed by atoms with E-state index in [9.17, 15) is 13.2 Å². The molecule has 8 heteroatoms. The van der Waals surface area contributed by atoms with Gasteiger partial charge in [-0.2, -0.15) is 4.72 Å². The number of rotatable bonds is 7. The van der Waals surface area contributed by atoms with Crippen LogP contribution in [-0.2, 0) is 24.3 Å². The van der Waals surface area contributed by atoms with E-state index in [1.807, 2.05) is 24.3 Å². The van der Waals surface area contributed by atoms with Gasteiger partial charge in [-0.1, -0.05) is 40.2 Å². The number of carbonyl (C=O) groups is 1. The lowest BCUT2D eigenvalue weighted by Crippen LogP contribution is -2.42. The number of halogens is 1. The summed E-state index contributed by atoms with van der Waals surface area (Å²) in [4.78, 5) is 11.9. The molecular weight excluding hydrogens is 422 g/mol. The van der Waals surface area contributed by atoms with Gasteiger partial charge in [-0.05, 0) is 35.4 Å². The molecule has 1 aliphatic rings. The molecule has 1 aliphatic heterocycles. The van der Waals surface area contributed by atoms with Gasteiger partial charge in [0, 0.05) is 10.9 Å². The van der Waals surface area contributed by atoms with Crippen LogP contribution in [0.15, 0.2) is 57.9 Å². The highest BCUT2D eigenvalue weighted by molar-refractivity contribution is 9.10. The highest BCUT2D eigenvalue weighted by atomic mass is 79.9. The molecule has 6 nitrogen and oxygen atoms in total. The average Bonchev–Trinajstić information content (AvgIpc) is 3.45. The third-order valence-electron chi connectivity index (χ3n) is 4.03. The number of esters is 1. The number of carbonyl (C=O) groups excluding carboxylic acids is 1. The molecule has 0 spiro atoms. The fourth-order valence-electron chi connectivity index (χ4n) is 2.53. The number of methoxy groups -OCH3 is 1. The average molecular weight is 440 g/mol. The maximum atomic E-state index is 12.6. The minimum atomic E-state index is -3.85. The Labute approximate surface area is 160 Å². The Morgan fingerprint density at radius 1 is 1.19 bits per heavy atom. The van der Waals surface area contributed by atoms with Gasteiger partial charge in [0.15, 0.2) is 0 Å². The van der Waals surface area contributed by atoms with Crippen LogP contribution in [0.4, 0.5) is 0 Å². The number of nitrogens with one attached hydrogen (secondary N) is 1. The van der Waals surface area contributed by atoms with Gasteiger partial charge in [0.2, 0.25) is 10.0 Å². The number of epoxide rings is 1. The Hall–Kier alpha value is -1.74. The van der Waals surface area contributed by atoms with Crippen LogP contribution in [0, 0.1) is 0 Å². The van der Waals surface area contributed by atoms with E-state index in [0.29, 0.717) is 6.61 Å². The Kier molecular flexibility index (Phi) is 5.76. The molecule has 2 aromatic rings. The van der Waals surface area contributed by atoms with Crippen LogP contribution < -0.4 is 4.72 Å². The Morgan fingerprint density at radius 2 is 1.73 bits per heavy atom. The maximum Gasteiger partial charge on any atom is 0.324 e. The van der Waals surface area contributed by atoms with Crippen molar-refractivity contribution in [3.63, 3.8) is 0 Å². The zero-order valence-corrected chi connectivity index (χ0v) is 16.4. The standard InChI is InChI=1S/C18H18BrNO5S/c1-24-18(21)17(10-15-11-25-15)20-26(22,23)16-8-4-13(5-9-16)12-2-6-14(19)7-3-12/h2-9,15,17,20H,10-11H2,1H3. The van der Waals surface area contributed by atoms with Crippen molar-refractivity contribution in [2.45, 2.75) is 23.5 Å². The topological polar surface area (TPSA) is 85.0 Å². The summed E-state index contributed by atoms with van der Waals surface area (Å²) < 4.78 is 38.3. The predicted molar refractivity (Wildman–Crippen MR) is 100 cm³/mol. The third-order valence-corrected chi connectivity index (χ3v) is 6.04. The summed E-state index contributed by atoms with van der Waals surface area (Å²) in [5.41, 5.74) is 1.87. The molecule has 2 unspecified atom stereocenters. The first-order valence-corrected chi connectivity index (χ1v) is 10.2. The molecule has 0 radical (unpaired) electrons. The predicted octanol–water partition coefficient (Wildman–Crippen LogP) is 2.72. The molecule has 3 rings (SSSR count). The van der Waals surface area contributed by atoms with Crippen LogP contribution in [0.1, 0.15) is 6.42 Å². The minimum Gasteiger partial charge on any atom is -0.468 e. The number of benzene rings is 2. The van der Waals surface area contributed by atoms with Crippen LogP contribution in [0.2, 0.25) is 0 Å². The van der Waals surface area contributed by atoms with Crippen molar-refractivity contribution < 1.29 is 22.7 Å². The lowest BCUT2D eigenvalue weighted by Gasteiger charge is -2.16. The molecule has 0 aromatic heterocycles. The van der Waals surface area contributed by atoms with Crippen LogP contribution in [-0.4, -0.2) is 40.2 Å². The molecule has 1 N–H and O–H groups in total. The van der Waals surface area contributed by atoms with Gasteiger partial charge in [0.05, 0.1) is 24.7 Å². The molecule has 1 heterocycles. The van der Waals surface area contributed by atoms with E-state index < -0.39 is 22.0 Å². The van der Waals surface area contributed by atoms with Crippen molar-refractivity contribution in [1.82, 2.24) is 4.72 Å². The summed E-state index contributed by atoms with van der Waals surface area (Å²) in [6, 6.07) is 13.2. The van der Waals surface area contributed by atoms with Gasteiger partial charge in [0.1, 0.15) is 6.04 Å². The van der Waals surface area contributed by atoms with E-state index in [1.165, 1.54) is 19.2 Å². The zero-order chi connectivity index (χ0) is 18.7. The first-order chi connectivity index (χ1) is 12.4. The second kappa shape index (κ2) is 7.87. The molecule has 26 heavy (non-hydrogen) atoms. The maximum absolute atomic E-state index is 12.6. The van der Waals surface area contributed by atoms with Gasteiger partial charge < -0.3 is 9.47 Å². The van der Waals surface area contributed by atoms with Gasteiger partial charge in [-0.25, -0.2) is 8.42 Å². The highest BCUT2D eigenvalue weighted by Gasteiger charge is 2.34. The summed E-state index contributed by atoms with van der Waals surface area (Å²) in [7, 11) is -2.63. The molecule has 0 saturated carbocycles. The van der Waals surface area contributed by atoms with Crippen LogP contribution >= 0.6 is 15.9 Å². The molecule has 0 aliphatic carbocycles. The quantitative estimate of drug-likeness (QED) is 0.529. The highest BCUT2D eigenvalue weighted by Crippen LogP contribution is 2.24. The number of hydrogen-bond acceptors (Lipinski definition) is 5. The summed E-state index contributed by atoms with van der Waals surface area (Å²) in [6.45, 7) is 0.525. The Balaban J connectivity index is 1.77. The fraction of sp³-hybridized carbons (Fsp3) is 0.278. The second-order valence-corrected chi connectivity index (χ2v) is 8.55. The summed E-state index contributed by atoms with van der Waals surface area (Å²) in [6.07, 6.45) is 0.143. The van der Waals surface area contributed by atoms with E-state index in [2.05, 4.69) is 25.4 Å². The van der Waals surface area contributed by atoms with Crippen molar-refractivity contribution in [2.24, 2.45) is 0 Å². The van der Waals surface area contributed by atoms with Gasteiger partial charge in [0.25, 0.3) is 0 Å². The summed E-state index contributed by atoms with van der Waals surface area (Å²) in [5, 5.41) is 0. The lowest BCUT2D eigenvalue weighted by atomic mass is 10.1. The molecule has 1 fully saturated rings. The third kappa shape index (κ3) is 4.70. The smallest absolute Gasteiger partial charge is 0.324 e. The SMILES string of the molecule is COC(=O)C(CC1CO1)NS(=O)(=O)c1ccc(-c2ccc(Br)cc2)cc1. The molecule has 2 atom stereocenters. The van der Waals surface area contributed by atoms with E-state index in [-0.39, 0.29) is 17.4 Å². The molecule has 0 bridgehead atoms. The number of ether oxygens (including phenoxy) is 2. The molecule has 138 valence electrons. The second-order valence-electron chi connectivity index (χ2n) is 5.92. The minimum absolute atomic E-state index is 0.0870. The van der Waals surface area contributed by atoms with Crippen molar-refractivity contribution in [2.75, 3.05) is 13.7 Å².